The van der Waals surface area contributed by atoms with Crippen molar-refractivity contribution in [3.05, 3.63) is 69.4 Å². The van der Waals surface area contributed by atoms with Crippen LogP contribution in [0.25, 0.3) is 0 Å². The Kier molecular flexibility index (Phi) is 10.6. The minimum atomic E-state index is 0. The molecule has 0 aliphatic carbocycles. The minimum Gasteiger partial charge on any atom is -0.355 e. The highest BCUT2D eigenvalue weighted by molar-refractivity contribution is 14.0. The first-order valence-electron chi connectivity index (χ1n) is 9.85. The van der Waals surface area contributed by atoms with Gasteiger partial charge in [0, 0.05) is 42.4 Å². The smallest absolute Gasteiger partial charge is 0.191 e. The van der Waals surface area contributed by atoms with E-state index in [1.165, 1.54) is 4.88 Å². The predicted octanol–water partition coefficient (Wildman–Crippen LogP) is 4.71. The number of nitrogens with one attached hydrogen (secondary N) is 2. The molecule has 1 aromatic carbocycles. The first-order valence-corrected chi connectivity index (χ1v) is 11.1. The van der Waals surface area contributed by atoms with Crippen molar-refractivity contribution in [2.45, 2.75) is 39.3 Å². The minimum absolute atomic E-state index is 0. The summed E-state index contributed by atoms with van der Waals surface area (Å²) in [5.74, 6) is 1.79. The highest BCUT2D eigenvalue weighted by Gasteiger charge is 2.09. The Hall–Kier alpha value is -1.65. The summed E-state index contributed by atoms with van der Waals surface area (Å²) in [6.07, 6.45) is 3.58. The summed E-state index contributed by atoms with van der Waals surface area (Å²) >= 11 is 7.78. The highest BCUT2D eigenvalue weighted by atomic mass is 127. The van der Waals surface area contributed by atoms with Gasteiger partial charge in [0.25, 0.3) is 0 Å². The van der Waals surface area contributed by atoms with Crippen LogP contribution in [-0.4, -0.2) is 33.8 Å². The van der Waals surface area contributed by atoms with Crippen LogP contribution in [0.4, 0.5) is 0 Å². The van der Waals surface area contributed by atoms with Gasteiger partial charge in [0.1, 0.15) is 12.2 Å². The van der Waals surface area contributed by atoms with Gasteiger partial charge in [-0.1, -0.05) is 36.7 Å². The van der Waals surface area contributed by atoms with Crippen LogP contribution in [0.1, 0.15) is 36.2 Å². The number of guanidine groups is 1. The van der Waals surface area contributed by atoms with Crippen molar-refractivity contribution < 1.29 is 0 Å². The third-order valence-corrected chi connectivity index (χ3v) is 5.78. The van der Waals surface area contributed by atoms with Crippen molar-refractivity contribution in [1.29, 1.82) is 0 Å². The average Bonchev–Trinajstić information content (AvgIpc) is 3.40. The lowest BCUT2D eigenvalue weighted by Crippen LogP contribution is -2.40. The molecule has 0 fully saturated rings. The van der Waals surface area contributed by atoms with Crippen LogP contribution in [0, 0.1) is 0 Å². The summed E-state index contributed by atoms with van der Waals surface area (Å²) in [5, 5.41) is 17.9. The Bertz CT molecular complexity index is 895. The van der Waals surface area contributed by atoms with Gasteiger partial charge in [-0.15, -0.1) is 45.5 Å². The largest absolute Gasteiger partial charge is 0.355 e. The molecule has 3 rings (SSSR count). The van der Waals surface area contributed by atoms with E-state index in [-0.39, 0.29) is 30.0 Å². The topological polar surface area (TPSA) is 67.1 Å². The monoisotopic (exact) mass is 558 g/mol. The Balaban J connectivity index is 0.00000320. The van der Waals surface area contributed by atoms with Gasteiger partial charge >= 0.3 is 0 Å². The number of rotatable bonds is 9. The molecule has 3 aromatic rings. The number of aryl methyl sites for hydroxylation is 1. The molecule has 9 heteroatoms. The first-order chi connectivity index (χ1) is 14.2. The van der Waals surface area contributed by atoms with Gasteiger partial charge in [0.15, 0.2) is 5.96 Å². The molecule has 2 aromatic heterocycles. The molecule has 0 saturated heterocycles. The lowest BCUT2D eigenvalue weighted by atomic mass is 10.1. The molecule has 1 atom stereocenters. The zero-order valence-electron chi connectivity index (χ0n) is 17.2. The second-order valence-corrected chi connectivity index (χ2v) is 8.17. The molecule has 2 N–H and O–H groups in total. The zero-order valence-corrected chi connectivity index (χ0v) is 21.1. The molecule has 0 bridgehead atoms. The number of nitrogens with zero attached hydrogens (tertiary/aromatic N) is 4. The molecule has 162 valence electrons. The van der Waals surface area contributed by atoms with Gasteiger partial charge in [-0.3, -0.25) is 4.99 Å². The summed E-state index contributed by atoms with van der Waals surface area (Å²) in [5.41, 5.74) is 1.16. The maximum Gasteiger partial charge on any atom is 0.191 e. The van der Waals surface area contributed by atoms with Gasteiger partial charge in [-0.25, -0.2) is 0 Å². The number of benzene rings is 1. The Labute approximate surface area is 204 Å². The van der Waals surface area contributed by atoms with Crippen molar-refractivity contribution in [1.82, 2.24) is 25.4 Å². The Morgan fingerprint density at radius 2 is 2.07 bits per heavy atom. The molecule has 1 unspecified atom stereocenters. The fourth-order valence-corrected chi connectivity index (χ4v) is 3.78. The van der Waals surface area contributed by atoms with Crippen molar-refractivity contribution in [3.63, 3.8) is 0 Å². The van der Waals surface area contributed by atoms with Gasteiger partial charge in [0.2, 0.25) is 0 Å². The molecule has 0 saturated carbocycles. The quantitative estimate of drug-likeness (QED) is 0.227. The molecule has 0 amide bonds. The Morgan fingerprint density at radius 3 is 2.77 bits per heavy atom. The van der Waals surface area contributed by atoms with E-state index in [1.807, 2.05) is 24.3 Å². The molecular formula is C21H28ClIN6S. The van der Waals surface area contributed by atoms with E-state index < -0.39 is 0 Å². The summed E-state index contributed by atoms with van der Waals surface area (Å²) in [7, 11) is 0. The lowest BCUT2D eigenvalue weighted by Gasteiger charge is -2.19. The average molecular weight is 559 g/mol. The van der Waals surface area contributed by atoms with Crippen molar-refractivity contribution >= 4 is 52.9 Å². The van der Waals surface area contributed by atoms with E-state index in [1.54, 1.807) is 17.7 Å². The highest BCUT2D eigenvalue weighted by Crippen LogP contribution is 2.16. The molecule has 2 heterocycles. The standard InChI is InChI=1S/C21H27ClN6S.HI/c1-3-20-27-25-15-28(20)13-12-24-21(23-11-10-19-5-4-14-29-19)26-16(2)17-6-8-18(22)9-7-17;/h4-9,14-16H,3,10-13H2,1-2H3,(H2,23,24,26);1H. The molecule has 0 radical (unpaired) electrons. The van der Waals surface area contributed by atoms with E-state index in [2.05, 4.69) is 56.8 Å². The van der Waals surface area contributed by atoms with Gasteiger partial charge in [-0.05, 0) is 36.1 Å². The zero-order chi connectivity index (χ0) is 20.5. The Morgan fingerprint density at radius 1 is 1.27 bits per heavy atom. The molecule has 30 heavy (non-hydrogen) atoms. The van der Waals surface area contributed by atoms with Crippen LogP contribution in [0.5, 0.6) is 0 Å². The van der Waals surface area contributed by atoms with Crippen LogP contribution >= 0.6 is 46.9 Å². The van der Waals surface area contributed by atoms with Crippen LogP contribution in [-0.2, 0) is 19.4 Å². The lowest BCUT2D eigenvalue weighted by molar-refractivity contribution is 0.619. The van der Waals surface area contributed by atoms with Crippen LogP contribution < -0.4 is 10.6 Å². The van der Waals surface area contributed by atoms with Crippen LogP contribution in [0.3, 0.4) is 0 Å². The second-order valence-electron chi connectivity index (χ2n) is 6.70. The number of aliphatic imine (C=N–C) groups is 1. The summed E-state index contributed by atoms with van der Waals surface area (Å²) in [4.78, 5) is 6.12. The second kappa shape index (κ2) is 12.9. The number of aromatic nitrogens is 3. The number of hydrogen-bond donors (Lipinski definition) is 2. The van der Waals surface area contributed by atoms with E-state index in [4.69, 9.17) is 16.6 Å². The maximum absolute atomic E-state index is 6.01. The number of thiophene rings is 1. The van der Waals surface area contributed by atoms with E-state index in [0.717, 1.165) is 54.8 Å². The molecule has 0 spiro atoms. The third-order valence-electron chi connectivity index (χ3n) is 4.59. The van der Waals surface area contributed by atoms with Crippen LogP contribution in [0.2, 0.25) is 5.02 Å². The fraction of sp³-hybridized carbons (Fsp3) is 0.381. The van der Waals surface area contributed by atoms with Crippen molar-refractivity contribution in [2.24, 2.45) is 4.99 Å². The normalized spacial score (nSPS) is 12.3. The van der Waals surface area contributed by atoms with Crippen molar-refractivity contribution in [2.75, 3.05) is 13.1 Å². The van der Waals surface area contributed by atoms with Gasteiger partial charge in [0.05, 0.1) is 6.04 Å². The van der Waals surface area contributed by atoms with E-state index in [9.17, 15) is 0 Å². The summed E-state index contributed by atoms with van der Waals surface area (Å²) in [6, 6.07) is 12.2. The summed E-state index contributed by atoms with van der Waals surface area (Å²) < 4.78 is 2.07. The fourth-order valence-electron chi connectivity index (χ4n) is 2.96. The number of hydrogen-bond acceptors (Lipinski definition) is 4. The molecular weight excluding hydrogens is 531 g/mol. The van der Waals surface area contributed by atoms with Crippen LogP contribution in [0.15, 0.2) is 53.1 Å². The van der Waals surface area contributed by atoms with Crippen molar-refractivity contribution in [3.8, 4) is 0 Å². The van der Waals surface area contributed by atoms with Gasteiger partial charge in [-0.2, -0.15) is 0 Å². The maximum atomic E-state index is 6.01. The third kappa shape index (κ3) is 7.55. The summed E-state index contributed by atoms with van der Waals surface area (Å²) in [6.45, 7) is 6.46. The predicted molar refractivity (Wildman–Crippen MR) is 136 cm³/mol. The van der Waals surface area contributed by atoms with E-state index >= 15 is 0 Å². The molecule has 0 aliphatic rings. The number of halogens is 2. The molecule has 6 nitrogen and oxygen atoms in total. The van der Waals surface area contributed by atoms with E-state index in [0.29, 0.717) is 0 Å². The van der Waals surface area contributed by atoms with Gasteiger partial charge < -0.3 is 15.2 Å². The molecule has 0 aliphatic heterocycles. The SMILES string of the molecule is CCc1nncn1CCNC(=NCCc1cccs1)NC(C)c1ccc(Cl)cc1.I. The first kappa shape index (κ1) is 24.6.